The minimum absolute atomic E-state index is 0.877. The Morgan fingerprint density at radius 1 is 1.00 bits per heavy atom. The molecule has 0 N–H and O–H groups in total. The van der Waals surface area contributed by atoms with Gasteiger partial charge in [-0.1, -0.05) is 36.1 Å². The molecule has 16 heavy (non-hydrogen) atoms. The van der Waals surface area contributed by atoms with Crippen molar-refractivity contribution in [2.75, 3.05) is 0 Å². The van der Waals surface area contributed by atoms with Gasteiger partial charge in [0, 0.05) is 0 Å². The van der Waals surface area contributed by atoms with Crippen LogP contribution in [0.1, 0.15) is 71.1 Å². The summed E-state index contributed by atoms with van der Waals surface area (Å²) < 4.78 is 0. The second kappa shape index (κ2) is 6.27. The average molecular weight is 218 g/mol. The highest BCUT2D eigenvalue weighted by Crippen LogP contribution is 2.28. The molecule has 0 bridgehead atoms. The van der Waals surface area contributed by atoms with Crippen molar-refractivity contribution in [2.24, 2.45) is 5.92 Å². The molecule has 0 aromatic carbocycles. The molecular weight excluding hydrogens is 192 g/mol. The third kappa shape index (κ3) is 3.81. The second-order valence-corrected chi connectivity index (χ2v) is 5.67. The van der Waals surface area contributed by atoms with Gasteiger partial charge >= 0.3 is 0 Å². The van der Waals surface area contributed by atoms with Crippen LogP contribution in [0.5, 0.6) is 0 Å². The van der Waals surface area contributed by atoms with Crippen molar-refractivity contribution < 1.29 is 0 Å². The molecule has 2 rings (SSSR count). The number of rotatable bonds is 1. The molecule has 0 saturated heterocycles. The van der Waals surface area contributed by atoms with Gasteiger partial charge in [-0.3, -0.25) is 0 Å². The Kier molecular flexibility index (Phi) is 4.69. The van der Waals surface area contributed by atoms with E-state index in [1.165, 1.54) is 64.2 Å². The van der Waals surface area contributed by atoms with Gasteiger partial charge in [0.15, 0.2) is 0 Å². The highest BCUT2D eigenvalue weighted by Gasteiger charge is 2.11. The first kappa shape index (κ1) is 12.0. The lowest BCUT2D eigenvalue weighted by Gasteiger charge is -2.12. The topological polar surface area (TPSA) is 0 Å². The van der Waals surface area contributed by atoms with Gasteiger partial charge in [0.1, 0.15) is 0 Å². The zero-order chi connectivity index (χ0) is 11.2. The first-order chi connectivity index (χ1) is 7.84. The molecule has 0 radical (unpaired) electrons. The summed E-state index contributed by atoms with van der Waals surface area (Å²) in [5, 5.41) is 0. The Labute approximate surface area is 101 Å². The maximum atomic E-state index is 2.65. The van der Waals surface area contributed by atoms with Crippen LogP contribution in [-0.2, 0) is 0 Å². The van der Waals surface area contributed by atoms with Crippen molar-refractivity contribution in [2.45, 2.75) is 71.1 Å². The Morgan fingerprint density at radius 3 is 2.50 bits per heavy atom. The molecule has 1 saturated carbocycles. The molecule has 2 aliphatic rings. The quantitative estimate of drug-likeness (QED) is 0.408. The normalized spacial score (nSPS) is 27.9. The number of hydrogen-bond acceptors (Lipinski definition) is 0. The molecule has 0 amide bonds. The van der Waals surface area contributed by atoms with Gasteiger partial charge in [-0.2, -0.15) is 0 Å². The molecule has 0 heteroatoms. The highest BCUT2D eigenvalue weighted by molar-refractivity contribution is 5.09. The maximum Gasteiger partial charge on any atom is -0.0225 e. The van der Waals surface area contributed by atoms with E-state index in [-0.39, 0.29) is 0 Å². The lowest BCUT2D eigenvalue weighted by Crippen LogP contribution is -1.97. The average Bonchev–Trinajstić information content (AvgIpc) is 2.63. The maximum absolute atomic E-state index is 2.65. The summed E-state index contributed by atoms with van der Waals surface area (Å²) in [5.74, 6) is 0.877. The molecule has 0 aromatic heterocycles. The van der Waals surface area contributed by atoms with Crippen molar-refractivity contribution in [3.8, 4) is 0 Å². The first-order valence-electron chi connectivity index (χ1n) is 7.20. The van der Waals surface area contributed by atoms with Crippen LogP contribution in [0.3, 0.4) is 0 Å². The Hall–Kier alpha value is -0.520. The molecule has 0 spiro atoms. The summed E-state index contributed by atoms with van der Waals surface area (Å²) in [6, 6.07) is 0. The van der Waals surface area contributed by atoms with E-state index >= 15 is 0 Å². The zero-order valence-corrected chi connectivity index (χ0v) is 10.8. The van der Waals surface area contributed by atoms with Crippen molar-refractivity contribution in [3.05, 3.63) is 23.3 Å². The lowest BCUT2D eigenvalue weighted by molar-refractivity contribution is 0.558. The molecule has 0 heterocycles. The van der Waals surface area contributed by atoms with E-state index in [1.54, 1.807) is 11.1 Å². The van der Waals surface area contributed by atoms with Crippen LogP contribution in [-0.4, -0.2) is 0 Å². The minimum Gasteiger partial charge on any atom is -0.0856 e. The summed E-state index contributed by atoms with van der Waals surface area (Å²) in [7, 11) is 0. The third-order valence-electron chi connectivity index (χ3n) is 4.16. The van der Waals surface area contributed by atoms with Gasteiger partial charge in [0.25, 0.3) is 0 Å². The van der Waals surface area contributed by atoms with E-state index in [9.17, 15) is 0 Å². The van der Waals surface area contributed by atoms with Crippen LogP contribution >= 0.6 is 0 Å². The molecule has 1 fully saturated rings. The van der Waals surface area contributed by atoms with Crippen molar-refractivity contribution >= 4 is 0 Å². The molecule has 1 atom stereocenters. The SMILES string of the molecule is CC1=CCCC(C=C2CCCCCC2)CC1. The molecule has 0 aromatic rings. The summed E-state index contributed by atoms with van der Waals surface area (Å²) in [6.45, 7) is 2.29. The predicted molar refractivity (Wildman–Crippen MR) is 71.5 cm³/mol. The van der Waals surface area contributed by atoms with Gasteiger partial charge in [-0.15, -0.1) is 0 Å². The van der Waals surface area contributed by atoms with Gasteiger partial charge in [-0.25, -0.2) is 0 Å². The van der Waals surface area contributed by atoms with Crippen LogP contribution in [0.4, 0.5) is 0 Å². The van der Waals surface area contributed by atoms with Crippen LogP contribution in [0.2, 0.25) is 0 Å². The minimum atomic E-state index is 0.877. The van der Waals surface area contributed by atoms with E-state index in [0.29, 0.717) is 0 Å². The molecule has 2 aliphatic carbocycles. The van der Waals surface area contributed by atoms with Crippen LogP contribution in [0, 0.1) is 5.92 Å². The fraction of sp³-hybridized carbons (Fsp3) is 0.750. The van der Waals surface area contributed by atoms with Gasteiger partial charge in [0.05, 0.1) is 0 Å². The fourth-order valence-electron chi connectivity index (χ4n) is 3.05. The molecule has 0 nitrogen and oxygen atoms in total. The number of hydrogen-bond donors (Lipinski definition) is 0. The van der Waals surface area contributed by atoms with Gasteiger partial charge in [-0.05, 0) is 64.2 Å². The first-order valence-corrected chi connectivity index (χ1v) is 7.20. The van der Waals surface area contributed by atoms with Crippen LogP contribution in [0.25, 0.3) is 0 Å². The van der Waals surface area contributed by atoms with E-state index in [0.717, 1.165) is 5.92 Å². The van der Waals surface area contributed by atoms with E-state index < -0.39 is 0 Å². The van der Waals surface area contributed by atoms with Gasteiger partial charge < -0.3 is 0 Å². The zero-order valence-electron chi connectivity index (χ0n) is 10.8. The largest absolute Gasteiger partial charge is 0.0856 e. The van der Waals surface area contributed by atoms with Crippen LogP contribution in [0.15, 0.2) is 23.3 Å². The monoisotopic (exact) mass is 218 g/mol. The lowest BCUT2D eigenvalue weighted by atomic mass is 9.94. The summed E-state index contributed by atoms with van der Waals surface area (Å²) in [6.07, 6.45) is 19.1. The molecule has 90 valence electrons. The summed E-state index contributed by atoms with van der Waals surface area (Å²) >= 11 is 0. The van der Waals surface area contributed by atoms with Crippen LogP contribution < -0.4 is 0 Å². The number of allylic oxidation sites excluding steroid dienone is 4. The predicted octanol–water partition coefficient (Wildman–Crippen LogP) is 5.40. The van der Waals surface area contributed by atoms with Crippen molar-refractivity contribution in [3.63, 3.8) is 0 Å². The summed E-state index contributed by atoms with van der Waals surface area (Å²) in [4.78, 5) is 0. The Bertz CT molecular complexity index is 260. The van der Waals surface area contributed by atoms with E-state index in [1.807, 2.05) is 0 Å². The molecule has 1 unspecified atom stereocenters. The Balaban J connectivity index is 1.89. The van der Waals surface area contributed by atoms with Gasteiger partial charge in [0.2, 0.25) is 0 Å². The Morgan fingerprint density at radius 2 is 1.75 bits per heavy atom. The summed E-state index contributed by atoms with van der Waals surface area (Å²) in [5.41, 5.74) is 3.39. The smallest absolute Gasteiger partial charge is 0.0225 e. The highest BCUT2D eigenvalue weighted by atomic mass is 14.2. The van der Waals surface area contributed by atoms with Crippen molar-refractivity contribution in [1.82, 2.24) is 0 Å². The molecular formula is C16H26. The van der Waals surface area contributed by atoms with E-state index in [4.69, 9.17) is 0 Å². The fourth-order valence-corrected chi connectivity index (χ4v) is 3.05. The third-order valence-corrected chi connectivity index (χ3v) is 4.16. The molecule has 0 aliphatic heterocycles. The second-order valence-electron chi connectivity index (χ2n) is 5.67. The van der Waals surface area contributed by atoms with Crippen molar-refractivity contribution in [1.29, 1.82) is 0 Å². The van der Waals surface area contributed by atoms with E-state index in [2.05, 4.69) is 19.1 Å². The standard InChI is InChI=1S/C16H26/c1-14-7-6-10-16(12-11-14)13-15-8-4-2-3-5-9-15/h7,13,16H,2-6,8-12H2,1H3.